The molecule has 0 saturated heterocycles. The molecule has 0 aliphatic carbocycles. The summed E-state index contributed by atoms with van der Waals surface area (Å²) in [6, 6.07) is 6.41. The average molecular weight is 281 g/mol. The molecular weight excluding hydrogens is 266 g/mol. The topological polar surface area (TPSA) is 98.2 Å². The molecule has 2 rings (SSSR count). The molecule has 0 fully saturated rings. The van der Waals surface area contributed by atoms with Gasteiger partial charge in [0.1, 0.15) is 11.6 Å². The Labute approximate surface area is 111 Å². The van der Waals surface area contributed by atoms with Crippen molar-refractivity contribution >= 4 is 15.8 Å². The Morgan fingerprint density at radius 3 is 2.63 bits per heavy atom. The zero-order valence-electron chi connectivity index (χ0n) is 10.7. The van der Waals surface area contributed by atoms with E-state index >= 15 is 0 Å². The van der Waals surface area contributed by atoms with Crippen molar-refractivity contribution in [3.05, 3.63) is 41.3 Å². The predicted octanol–water partition coefficient (Wildman–Crippen LogP) is 1.55. The Bertz CT molecular complexity index is 672. The number of rotatable bonds is 4. The molecule has 102 valence electrons. The maximum atomic E-state index is 12.1. The van der Waals surface area contributed by atoms with Crippen molar-refractivity contribution in [2.75, 3.05) is 4.72 Å². The molecular formula is C12H15N3O3S. The highest BCUT2D eigenvalue weighted by Gasteiger charge is 2.19. The van der Waals surface area contributed by atoms with Gasteiger partial charge in [0.2, 0.25) is 5.09 Å². The molecule has 0 amide bonds. The minimum Gasteiger partial charge on any atom is -0.446 e. The molecule has 2 aromatic heterocycles. The minimum absolute atomic E-state index is 0.150. The van der Waals surface area contributed by atoms with Crippen molar-refractivity contribution in [1.29, 1.82) is 0 Å². The third-order valence-electron chi connectivity index (χ3n) is 2.44. The molecule has 3 N–H and O–H groups in total. The fourth-order valence-corrected chi connectivity index (χ4v) is 2.64. The van der Waals surface area contributed by atoms with Crippen molar-refractivity contribution < 1.29 is 12.8 Å². The lowest BCUT2D eigenvalue weighted by Gasteiger charge is -2.06. The molecule has 0 unspecified atom stereocenters. The van der Waals surface area contributed by atoms with E-state index in [1.165, 1.54) is 12.1 Å². The summed E-state index contributed by atoms with van der Waals surface area (Å²) in [6.07, 6.45) is 0. The van der Waals surface area contributed by atoms with Crippen LogP contribution in [0.4, 0.5) is 5.82 Å². The average Bonchev–Trinajstić information content (AvgIpc) is 2.75. The first-order chi connectivity index (χ1) is 8.90. The van der Waals surface area contributed by atoms with Crippen LogP contribution in [0.25, 0.3) is 0 Å². The van der Waals surface area contributed by atoms with Crippen LogP contribution in [-0.2, 0) is 16.6 Å². The second kappa shape index (κ2) is 5.02. The molecule has 0 radical (unpaired) electrons. The van der Waals surface area contributed by atoms with Crippen LogP contribution in [0.5, 0.6) is 0 Å². The number of sulfonamides is 1. The van der Waals surface area contributed by atoms with Gasteiger partial charge in [0.15, 0.2) is 0 Å². The van der Waals surface area contributed by atoms with Crippen molar-refractivity contribution in [3.8, 4) is 0 Å². The smallest absolute Gasteiger partial charge is 0.296 e. The molecule has 0 bridgehead atoms. The van der Waals surface area contributed by atoms with E-state index < -0.39 is 10.0 Å². The van der Waals surface area contributed by atoms with Crippen LogP contribution in [0.15, 0.2) is 33.8 Å². The Kier molecular flexibility index (Phi) is 3.59. The second-order valence-corrected chi connectivity index (χ2v) is 5.81. The molecule has 2 aromatic rings. The van der Waals surface area contributed by atoms with Crippen molar-refractivity contribution in [1.82, 2.24) is 4.98 Å². The molecule has 19 heavy (non-hydrogen) atoms. The number of nitrogens with two attached hydrogens (primary N) is 1. The summed E-state index contributed by atoms with van der Waals surface area (Å²) in [7, 11) is -3.77. The molecule has 2 heterocycles. The van der Waals surface area contributed by atoms with Gasteiger partial charge in [-0.1, -0.05) is 0 Å². The number of anilines is 1. The van der Waals surface area contributed by atoms with Gasteiger partial charge in [-0.15, -0.1) is 0 Å². The lowest BCUT2D eigenvalue weighted by molar-refractivity contribution is 0.417. The highest BCUT2D eigenvalue weighted by atomic mass is 32.2. The van der Waals surface area contributed by atoms with Gasteiger partial charge in [0, 0.05) is 5.69 Å². The number of nitrogens with zero attached hydrogens (tertiary/aromatic N) is 1. The van der Waals surface area contributed by atoms with Crippen LogP contribution in [0.3, 0.4) is 0 Å². The van der Waals surface area contributed by atoms with Gasteiger partial charge in [-0.3, -0.25) is 4.72 Å². The summed E-state index contributed by atoms with van der Waals surface area (Å²) in [6.45, 7) is 3.81. The first kappa shape index (κ1) is 13.6. The molecule has 0 aliphatic heterocycles. The van der Waals surface area contributed by atoms with Gasteiger partial charge in [-0.25, -0.2) is 4.98 Å². The molecule has 0 atom stereocenters. The van der Waals surface area contributed by atoms with E-state index in [1.807, 2.05) is 13.0 Å². The van der Waals surface area contributed by atoms with E-state index in [0.717, 1.165) is 11.3 Å². The summed E-state index contributed by atoms with van der Waals surface area (Å²) >= 11 is 0. The minimum atomic E-state index is -3.77. The highest BCUT2D eigenvalue weighted by molar-refractivity contribution is 7.92. The predicted molar refractivity (Wildman–Crippen MR) is 71.1 cm³/mol. The SMILES string of the molecule is Cc1cc(C)nc(NS(=O)(=O)c2ccc(CN)o2)c1. The fourth-order valence-electron chi connectivity index (χ4n) is 1.69. The number of aromatic nitrogens is 1. The lowest BCUT2D eigenvalue weighted by atomic mass is 10.2. The summed E-state index contributed by atoms with van der Waals surface area (Å²) in [5.74, 6) is 0.678. The molecule has 0 saturated carbocycles. The first-order valence-electron chi connectivity index (χ1n) is 5.67. The van der Waals surface area contributed by atoms with Crippen LogP contribution in [0, 0.1) is 13.8 Å². The molecule has 0 aromatic carbocycles. The number of furan rings is 1. The molecule has 0 spiro atoms. The van der Waals surface area contributed by atoms with E-state index in [9.17, 15) is 8.42 Å². The van der Waals surface area contributed by atoms with Crippen LogP contribution >= 0.6 is 0 Å². The van der Waals surface area contributed by atoms with Crippen LogP contribution in [0.2, 0.25) is 0 Å². The second-order valence-electron chi connectivity index (χ2n) is 4.20. The Morgan fingerprint density at radius 1 is 1.32 bits per heavy atom. The Hall–Kier alpha value is -1.86. The number of hydrogen-bond donors (Lipinski definition) is 2. The van der Waals surface area contributed by atoms with E-state index in [4.69, 9.17) is 10.2 Å². The largest absolute Gasteiger partial charge is 0.446 e. The van der Waals surface area contributed by atoms with E-state index in [1.54, 1.807) is 13.0 Å². The van der Waals surface area contributed by atoms with Gasteiger partial charge in [0.05, 0.1) is 6.54 Å². The number of hydrogen-bond acceptors (Lipinski definition) is 5. The molecule has 0 aliphatic rings. The normalized spacial score (nSPS) is 11.5. The van der Waals surface area contributed by atoms with E-state index in [2.05, 4.69) is 9.71 Å². The quantitative estimate of drug-likeness (QED) is 0.886. The highest BCUT2D eigenvalue weighted by Crippen LogP contribution is 2.18. The number of nitrogens with one attached hydrogen (secondary N) is 1. The molecule has 6 nitrogen and oxygen atoms in total. The summed E-state index contributed by atoms with van der Waals surface area (Å²) < 4.78 is 31.6. The van der Waals surface area contributed by atoms with Crippen molar-refractivity contribution in [3.63, 3.8) is 0 Å². The van der Waals surface area contributed by atoms with Gasteiger partial charge >= 0.3 is 0 Å². The van der Waals surface area contributed by atoms with Gasteiger partial charge in [-0.05, 0) is 43.7 Å². The lowest BCUT2D eigenvalue weighted by Crippen LogP contribution is -2.13. The van der Waals surface area contributed by atoms with Crippen LogP contribution < -0.4 is 10.5 Å². The Balaban J connectivity index is 2.30. The standard InChI is InChI=1S/C12H15N3O3S/c1-8-5-9(2)14-11(6-8)15-19(16,17)12-4-3-10(7-13)18-12/h3-6H,7,13H2,1-2H3,(H,14,15). The third-order valence-corrected chi connectivity index (χ3v) is 3.67. The number of pyridine rings is 1. The Morgan fingerprint density at radius 2 is 2.05 bits per heavy atom. The van der Waals surface area contributed by atoms with Crippen LogP contribution in [-0.4, -0.2) is 13.4 Å². The van der Waals surface area contributed by atoms with Gasteiger partial charge < -0.3 is 10.2 Å². The summed E-state index contributed by atoms with van der Waals surface area (Å²) in [4.78, 5) is 4.12. The summed E-state index contributed by atoms with van der Waals surface area (Å²) in [5.41, 5.74) is 7.04. The van der Waals surface area contributed by atoms with E-state index in [0.29, 0.717) is 5.76 Å². The zero-order chi connectivity index (χ0) is 14.0. The fraction of sp³-hybridized carbons (Fsp3) is 0.250. The third kappa shape index (κ3) is 3.12. The van der Waals surface area contributed by atoms with Crippen LogP contribution in [0.1, 0.15) is 17.0 Å². The monoisotopic (exact) mass is 281 g/mol. The maximum absolute atomic E-state index is 12.1. The number of aryl methyl sites for hydroxylation is 2. The van der Waals surface area contributed by atoms with Gasteiger partial charge in [0.25, 0.3) is 10.0 Å². The van der Waals surface area contributed by atoms with E-state index in [-0.39, 0.29) is 17.5 Å². The zero-order valence-corrected chi connectivity index (χ0v) is 11.5. The maximum Gasteiger partial charge on any atom is 0.296 e. The molecule has 7 heteroatoms. The first-order valence-corrected chi connectivity index (χ1v) is 7.16. The van der Waals surface area contributed by atoms with Crippen molar-refractivity contribution in [2.24, 2.45) is 5.73 Å². The van der Waals surface area contributed by atoms with Gasteiger partial charge in [-0.2, -0.15) is 8.42 Å². The van der Waals surface area contributed by atoms with Crippen molar-refractivity contribution in [2.45, 2.75) is 25.5 Å². The summed E-state index contributed by atoms with van der Waals surface area (Å²) in [5, 5.41) is -0.172.